The Balaban J connectivity index is 1.48. The number of piperazine rings is 1. The second-order valence-electron chi connectivity index (χ2n) is 9.14. The second-order valence-corrected chi connectivity index (χ2v) is 9.58. The summed E-state index contributed by atoms with van der Waals surface area (Å²) in [6.07, 6.45) is 0.217. The molecule has 1 spiro atoms. The second kappa shape index (κ2) is 8.13. The van der Waals surface area contributed by atoms with Gasteiger partial charge in [-0.1, -0.05) is 48.0 Å². The minimum absolute atomic E-state index is 0.217. The molecule has 7 nitrogen and oxygen atoms in total. The molecule has 176 valence electrons. The number of barbiturate groups is 1. The van der Waals surface area contributed by atoms with Gasteiger partial charge in [-0.3, -0.25) is 14.9 Å². The highest BCUT2D eigenvalue weighted by Crippen LogP contribution is 2.46. The predicted molar refractivity (Wildman–Crippen MR) is 135 cm³/mol. The first-order valence-corrected chi connectivity index (χ1v) is 12.0. The SMILES string of the molecule is O=C1NC(=O)C2(Cc3ccccc3N3CCN(c4ccccc4)CC32)C(=O)N1c1ccc(Cl)cc1. The molecule has 6 rings (SSSR count). The van der Waals surface area contributed by atoms with E-state index in [1.165, 1.54) is 0 Å². The lowest BCUT2D eigenvalue weighted by Gasteiger charge is -2.55. The number of anilines is 3. The van der Waals surface area contributed by atoms with Crippen LogP contribution in [0.2, 0.25) is 5.02 Å². The van der Waals surface area contributed by atoms with Crippen molar-refractivity contribution in [2.45, 2.75) is 12.5 Å². The molecule has 3 aromatic carbocycles. The summed E-state index contributed by atoms with van der Waals surface area (Å²) in [6.45, 7) is 1.87. The van der Waals surface area contributed by atoms with E-state index < -0.39 is 29.3 Å². The number of benzene rings is 3. The normalized spacial score (nSPS) is 23.7. The zero-order valence-electron chi connectivity index (χ0n) is 18.9. The number of nitrogens with zero attached hydrogens (tertiary/aromatic N) is 3. The molecule has 0 aromatic heterocycles. The third-order valence-corrected chi connectivity index (χ3v) is 7.59. The van der Waals surface area contributed by atoms with Crippen LogP contribution in [0.15, 0.2) is 78.9 Å². The molecule has 0 radical (unpaired) electrons. The van der Waals surface area contributed by atoms with E-state index in [0.29, 0.717) is 23.8 Å². The summed E-state index contributed by atoms with van der Waals surface area (Å²) in [5, 5.41) is 2.99. The van der Waals surface area contributed by atoms with Crippen LogP contribution in [-0.2, 0) is 16.0 Å². The number of nitrogens with one attached hydrogen (secondary N) is 1. The quantitative estimate of drug-likeness (QED) is 0.557. The van der Waals surface area contributed by atoms with Gasteiger partial charge in [-0.05, 0) is 54.4 Å². The van der Waals surface area contributed by atoms with Gasteiger partial charge in [-0.2, -0.15) is 0 Å². The number of imide groups is 2. The Morgan fingerprint density at radius 2 is 1.54 bits per heavy atom. The van der Waals surface area contributed by atoms with Crippen molar-refractivity contribution in [3.05, 3.63) is 89.4 Å². The summed E-state index contributed by atoms with van der Waals surface area (Å²) < 4.78 is 0. The lowest BCUT2D eigenvalue weighted by atomic mass is 9.67. The number of carbonyl (C=O) groups is 3. The molecule has 0 bridgehead atoms. The molecule has 0 saturated carbocycles. The first-order valence-electron chi connectivity index (χ1n) is 11.6. The van der Waals surface area contributed by atoms with Crippen molar-refractivity contribution in [1.82, 2.24) is 5.32 Å². The number of amides is 4. The van der Waals surface area contributed by atoms with Gasteiger partial charge in [0.1, 0.15) is 0 Å². The Morgan fingerprint density at radius 1 is 0.829 bits per heavy atom. The molecule has 8 heteroatoms. The highest BCUT2D eigenvalue weighted by Gasteiger charge is 2.63. The minimum Gasteiger partial charge on any atom is -0.368 e. The van der Waals surface area contributed by atoms with E-state index in [1.807, 2.05) is 54.6 Å². The standard InChI is InChI=1S/C27H23ClN4O3/c28-19-10-12-21(13-11-19)32-25(34)27(24(33)29-26(32)35)16-18-6-4-5-9-22(18)31-15-14-30(17-23(27)31)20-7-2-1-3-8-20/h1-13,23H,14-17H2,(H,29,33,35). The van der Waals surface area contributed by atoms with Crippen molar-refractivity contribution in [3.63, 3.8) is 0 Å². The van der Waals surface area contributed by atoms with E-state index in [4.69, 9.17) is 11.6 Å². The van der Waals surface area contributed by atoms with E-state index in [9.17, 15) is 14.4 Å². The Kier molecular flexibility index (Phi) is 5.04. The molecule has 4 amide bonds. The summed E-state index contributed by atoms with van der Waals surface area (Å²) in [5.41, 5.74) is 1.91. The molecule has 3 aliphatic rings. The highest BCUT2D eigenvalue weighted by atomic mass is 35.5. The van der Waals surface area contributed by atoms with Crippen molar-refractivity contribution in [2.75, 3.05) is 34.3 Å². The maximum atomic E-state index is 14.3. The van der Waals surface area contributed by atoms with Crippen LogP contribution in [0.5, 0.6) is 0 Å². The Hall–Kier alpha value is -3.84. The minimum atomic E-state index is -1.46. The fraction of sp³-hybridized carbons (Fsp3) is 0.222. The van der Waals surface area contributed by atoms with Gasteiger partial charge < -0.3 is 9.80 Å². The van der Waals surface area contributed by atoms with Crippen LogP contribution >= 0.6 is 11.6 Å². The maximum absolute atomic E-state index is 14.3. The first-order chi connectivity index (χ1) is 17.0. The van der Waals surface area contributed by atoms with Crippen molar-refractivity contribution >= 4 is 46.5 Å². The zero-order valence-corrected chi connectivity index (χ0v) is 19.6. The molecule has 3 heterocycles. The highest BCUT2D eigenvalue weighted by molar-refractivity contribution is 6.32. The van der Waals surface area contributed by atoms with E-state index in [-0.39, 0.29) is 6.42 Å². The van der Waals surface area contributed by atoms with Gasteiger partial charge in [0.2, 0.25) is 5.91 Å². The fourth-order valence-electron chi connectivity index (χ4n) is 5.65. The number of halogens is 1. The van der Waals surface area contributed by atoms with Gasteiger partial charge in [0.25, 0.3) is 5.91 Å². The van der Waals surface area contributed by atoms with Crippen LogP contribution in [0.1, 0.15) is 5.56 Å². The van der Waals surface area contributed by atoms with Gasteiger partial charge in [0, 0.05) is 36.0 Å². The smallest absolute Gasteiger partial charge is 0.335 e. The van der Waals surface area contributed by atoms with Gasteiger partial charge in [0.05, 0.1) is 11.7 Å². The number of rotatable bonds is 2. The molecule has 2 atom stereocenters. The average molecular weight is 487 g/mol. The van der Waals surface area contributed by atoms with Crippen molar-refractivity contribution in [3.8, 4) is 0 Å². The van der Waals surface area contributed by atoms with Crippen molar-refractivity contribution < 1.29 is 14.4 Å². The Labute approximate surface area is 207 Å². The monoisotopic (exact) mass is 486 g/mol. The predicted octanol–water partition coefficient (Wildman–Crippen LogP) is 3.86. The van der Waals surface area contributed by atoms with Crippen LogP contribution in [0.3, 0.4) is 0 Å². The third-order valence-electron chi connectivity index (χ3n) is 7.34. The molecule has 1 N–H and O–H groups in total. The van der Waals surface area contributed by atoms with Gasteiger partial charge >= 0.3 is 6.03 Å². The Bertz CT molecular complexity index is 1330. The topological polar surface area (TPSA) is 73.0 Å². The number of hydrogen-bond donors (Lipinski definition) is 1. The van der Waals surface area contributed by atoms with Gasteiger partial charge in [-0.15, -0.1) is 0 Å². The molecule has 2 fully saturated rings. The molecular formula is C27H23ClN4O3. The van der Waals surface area contributed by atoms with Crippen molar-refractivity contribution in [2.24, 2.45) is 5.41 Å². The van der Waals surface area contributed by atoms with Gasteiger partial charge in [-0.25, -0.2) is 9.69 Å². The molecule has 3 aliphatic heterocycles. The maximum Gasteiger partial charge on any atom is 0.335 e. The number of carbonyl (C=O) groups excluding carboxylic acids is 3. The van der Waals surface area contributed by atoms with Crippen LogP contribution < -0.4 is 20.0 Å². The lowest BCUT2D eigenvalue weighted by Crippen LogP contribution is -2.75. The van der Waals surface area contributed by atoms with Gasteiger partial charge in [0.15, 0.2) is 5.41 Å². The molecular weight excluding hydrogens is 464 g/mol. The summed E-state index contributed by atoms with van der Waals surface area (Å²) in [7, 11) is 0. The molecule has 3 aromatic rings. The number of urea groups is 1. The number of para-hydroxylation sites is 2. The molecule has 35 heavy (non-hydrogen) atoms. The lowest BCUT2D eigenvalue weighted by molar-refractivity contribution is -0.144. The number of fused-ring (bicyclic) bond motifs is 4. The molecule has 2 unspecified atom stereocenters. The van der Waals surface area contributed by atoms with E-state index >= 15 is 0 Å². The van der Waals surface area contributed by atoms with E-state index in [1.54, 1.807) is 24.3 Å². The van der Waals surface area contributed by atoms with Crippen LogP contribution in [0, 0.1) is 5.41 Å². The summed E-state index contributed by atoms with van der Waals surface area (Å²) >= 11 is 6.04. The van der Waals surface area contributed by atoms with Crippen molar-refractivity contribution in [1.29, 1.82) is 0 Å². The zero-order chi connectivity index (χ0) is 24.2. The largest absolute Gasteiger partial charge is 0.368 e. The third kappa shape index (κ3) is 3.30. The average Bonchev–Trinajstić information content (AvgIpc) is 2.88. The van der Waals surface area contributed by atoms with Crippen LogP contribution in [0.25, 0.3) is 0 Å². The summed E-state index contributed by atoms with van der Waals surface area (Å²) in [5.74, 6) is -1.05. The van der Waals surface area contributed by atoms with E-state index in [0.717, 1.165) is 28.4 Å². The fourth-order valence-corrected chi connectivity index (χ4v) is 5.78. The van der Waals surface area contributed by atoms with Crippen LogP contribution in [-0.4, -0.2) is 43.5 Å². The van der Waals surface area contributed by atoms with Crippen LogP contribution in [0.4, 0.5) is 21.9 Å². The molecule has 0 aliphatic carbocycles. The first kappa shape index (κ1) is 21.7. The van der Waals surface area contributed by atoms with E-state index in [2.05, 4.69) is 15.1 Å². The number of hydrogen-bond acceptors (Lipinski definition) is 5. The molecule has 2 saturated heterocycles. The summed E-state index contributed by atoms with van der Waals surface area (Å²) in [6, 6.07) is 23.2. The summed E-state index contributed by atoms with van der Waals surface area (Å²) in [4.78, 5) is 46.4. The Morgan fingerprint density at radius 3 is 2.31 bits per heavy atom.